The van der Waals surface area contributed by atoms with Crippen LogP contribution in [0.5, 0.6) is 0 Å². The maximum atomic E-state index is 12.9. The van der Waals surface area contributed by atoms with Gasteiger partial charge in [-0.3, -0.25) is 4.79 Å². The van der Waals surface area contributed by atoms with Crippen LogP contribution in [-0.2, 0) is 6.54 Å². The number of carboxylic acids is 1. The number of rotatable bonds is 3. The zero-order valence-corrected chi connectivity index (χ0v) is 15.0. The number of hydrogen-bond donors (Lipinski definition) is 1. The molecule has 0 saturated heterocycles. The minimum atomic E-state index is -1.25. The summed E-state index contributed by atoms with van der Waals surface area (Å²) in [5.74, 6) is -1.25. The van der Waals surface area contributed by atoms with Crippen molar-refractivity contribution in [3.63, 3.8) is 0 Å². The van der Waals surface area contributed by atoms with E-state index in [2.05, 4.69) is 0 Å². The molecular weight excluding hydrogens is 338 g/mol. The number of carbonyl (C=O) groups is 1. The molecule has 128 valence electrons. The summed E-state index contributed by atoms with van der Waals surface area (Å²) in [7, 11) is 0. The van der Waals surface area contributed by atoms with Crippen molar-refractivity contribution >= 4 is 28.5 Å². The van der Waals surface area contributed by atoms with E-state index in [0.29, 0.717) is 22.7 Å². The van der Waals surface area contributed by atoms with Gasteiger partial charge in [-0.05, 0) is 50.1 Å². The second-order valence-corrected chi connectivity index (χ2v) is 6.45. The SMILES string of the molecule is CCn1c(=O)c(C(=O)O)c(-c2ccccc2Cl)c2cc(C)c(C)cc21. The van der Waals surface area contributed by atoms with Crippen LogP contribution in [0.1, 0.15) is 28.4 Å². The molecule has 0 aliphatic heterocycles. The first kappa shape index (κ1) is 17.2. The van der Waals surface area contributed by atoms with Gasteiger partial charge in [-0.15, -0.1) is 0 Å². The summed E-state index contributed by atoms with van der Waals surface area (Å²) in [5, 5.41) is 10.9. The van der Waals surface area contributed by atoms with Gasteiger partial charge >= 0.3 is 5.97 Å². The molecule has 1 heterocycles. The minimum absolute atomic E-state index is 0.245. The summed E-state index contributed by atoms with van der Waals surface area (Å²) < 4.78 is 1.51. The monoisotopic (exact) mass is 355 g/mol. The van der Waals surface area contributed by atoms with Crippen molar-refractivity contribution in [2.75, 3.05) is 0 Å². The molecule has 0 saturated carbocycles. The van der Waals surface area contributed by atoms with Crippen LogP contribution in [0, 0.1) is 13.8 Å². The second kappa shape index (κ2) is 6.37. The molecule has 0 spiro atoms. The van der Waals surface area contributed by atoms with Gasteiger partial charge in [0.05, 0.1) is 5.52 Å². The number of hydrogen-bond acceptors (Lipinski definition) is 2. The van der Waals surface area contributed by atoms with E-state index in [1.165, 1.54) is 4.57 Å². The quantitative estimate of drug-likeness (QED) is 0.743. The van der Waals surface area contributed by atoms with E-state index < -0.39 is 11.5 Å². The van der Waals surface area contributed by atoms with E-state index in [-0.39, 0.29) is 5.56 Å². The first-order valence-electron chi connectivity index (χ1n) is 8.02. The molecule has 0 amide bonds. The molecule has 3 rings (SSSR count). The number of halogens is 1. The van der Waals surface area contributed by atoms with Crippen LogP contribution in [0.2, 0.25) is 5.02 Å². The van der Waals surface area contributed by atoms with Gasteiger partial charge in [-0.1, -0.05) is 29.8 Å². The number of pyridine rings is 1. The van der Waals surface area contributed by atoms with Crippen molar-refractivity contribution in [2.45, 2.75) is 27.3 Å². The van der Waals surface area contributed by atoms with Crippen molar-refractivity contribution in [2.24, 2.45) is 0 Å². The second-order valence-electron chi connectivity index (χ2n) is 6.04. The number of aromatic carboxylic acids is 1. The Kier molecular flexibility index (Phi) is 4.39. The third kappa shape index (κ3) is 2.72. The lowest BCUT2D eigenvalue weighted by Gasteiger charge is -2.17. The lowest BCUT2D eigenvalue weighted by atomic mass is 9.93. The van der Waals surface area contributed by atoms with Gasteiger partial charge in [0, 0.05) is 28.1 Å². The van der Waals surface area contributed by atoms with Crippen LogP contribution >= 0.6 is 11.6 Å². The van der Waals surface area contributed by atoms with Gasteiger partial charge in [0.25, 0.3) is 5.56 Å². The Balaban J connectivity index is 2.65. The largest absolute Gasteiger partial charge is 0.477 e. The first-order valence-corrected chi connectivity index (χ1v) is 8.40. The zero-order valence-electron chi connectivity index (χ0n) is 14.3. The molecule has 1 aromatic heterocycles. The smallest absolute Gasteiger partial charge is 0.342 e. The maximum Gasteiger partial charge on any atom is 0.342 e. The molecule has 3 aromatic rings. The van der Waals surface area contributed by atoms with Crippen LogP contribution in [0.15, 0.2) is 41.2 Å². The topological polar surface area (TPSA) is 59.3 Å². The van der Waals surface area contributed by atoms with Crippen molar-refractivity contribution in [1.82, 2.24) is 4.57 Å². The molecule has 0 unspecified atom stereocenters. The molecule has 0 bridgehead atoms. The Bertz CT molecular complexity index is 1070. The average Bonchev–Trinajstić information content (AvgIpc) is 2.56. The van der Waals surface area contributed by atoms with Crippen LogP contribution in [0.4, 0.5) is 0 Å². The third-order valence-corrected chi connectivity index (χ3v) is 4.88. The first-order chi connectivity index (χ1) is 11.9. The fourth-order valence-electron chi connectivity index (χ4n) is 3.17. The van der Waals surface area contributed by atoms with Gasteiger partial charge in [-0.25, -0.2) is 4.79 Å². The van der Waals surface area contributed by atoms with Gasteiger partial charge < -0.3 is 9.67 Å². The molecular formula is C20H18ClNO3. The number of nitrogens with zero attached hydrogens (tertiary/aromatic N) is 1. The summed E-state index contributed by atoms with van der Waals surface area (Å²) in [6.45, 7) is 6.16. The van der Waals surface area contributed by atoms with Crippen LogP contribution in [0.25, 0.3) is 22.0 Å². The molecule has 0 fully saturated rings. The highest BCUT2D eigenvalue weighted by molar-refractivity contribution is 6.34. The summed E-state index contributed by atoms with van der Waals surface area (Å²) >= 11 is 6.33. The highest BCUT2D eigenvalue weighted by atomic mass is 35.5. The van der Waals surface area contributed by atoms with Crippen LogP contribution in [0.3, 0.4) is 0 Å². The highest BCUT2D eigenvalue weighted by Gasteiger charge is 2.24. The average molecular weight is 356 g/mol. The van der Waals surface area contributed by atoms with E-state index in [1.807, 2.05) is 32.9 Å². The Hall–Kier alpha value is -2.59. The standard InChI is InChI=1S/C20H18ClNO3/c1-4-22-16-10-12(3)11(2)9-14(16)17(18(19(22)23)20(24)25)13-7-5-6-8-15(13)21/h5-10H,4H2,1-3H3,(H,24,25). The van der Waals surface area contributed by atoms with Gasteiger partial charge in [0.2, 0.25) is 0 Å². The normalized spacial score (nSPS) is 11.0. The fraction of sp³-hybridized carbons (Fsp3) is 0.200. The molecule has 0 aliphatic rings. The predicted molar refractivity (Wildman–Crippen MR) is 101 cm³/mol. The molecule has 4 nitrogen and oxygen atoms in total. The van der Waals surface area contributed by atoms with Crippen molar-refractivity contribution in [1.29, 1.82) is 0 Å². The van der Waals surface area contributed by atoms with Gasteiger partial charge in [0.15, 0.2) is 0 Å². The number of carboxylic acid groups (broad SMARTS) is 1. The minimum Gasteiger partial charge on any atom is -0.477 e. The predicted octanol–water partition coefficient (Wildman–Crippen LogP) is 4.66. The Labute approximate surface area is 150 Å². The summed E-state index contributed by atoms with van der Waals surface area (Å²) in [4.78, 5) is 24.8. The van der Waals surface area contributed by atoms with E-state index in [9.17, 15) is 14.7 Å². The summed E-state index contributed by atoms with van der Waals surface area (Å²) in [6, 6.07) is 10.9. The van der Waals surface area contributed by atoms with Gasteiger partial charge in [-0.2, -0.15) is 0 Å². The van der Waals surface area contributed by atoms with E-state index in [4.69, 9.17) is 11.6 Å². The van der Waals surface area contributed by atoms with Crippen LogP contribution < -0.4 is 5.56 Å². The number of fused-ring (bicyclic) bond motifs is 1. The number of aryl methyl sites for hydroxylation is 3. The molecule has 2 aromatic carbocycles. The Morgan fingerprint density at radius 3 is 2.40 bits per heavy atom. The number of aromatic nitrogens is 1. The molecule has 5 heteroatoms. The molecule has 25 heavy (non-hydrogen) atoms. The third-order valence-electron chi connectivity index (χ3n) is 4.55. The fourth-order valence-corrected chi connectivity index (χ4v) is 3.40. The Morgan fingerprint density at radius 2 is 1.80 bits per heavy atom. The summed E-state index contributed by atoms with van der Waals surface area (Å²) in [6.07, 6.45) is 0. The Morgan fingerprint density at radius 1 is 1.16 bits per heavy atom. The van der Waals surface area contributed by atoms with Crippen molar-refractivity contribution in [3.8, 4) is 11.1 Å². The van der Waals surface area contributed by atoms with E-state index in [0.717, 1.165) is 22.0 Å². The van der Waals surface area contributed by atoms with Crippen molar-refractivity contribution < 1.29 is 9.90 Å². The molecule has 0 aliphatic carbocycles. The lowest BCUT2D eigenvalue weighted by Crippen LogP contribution is -2.27. The zero-order chi connectivity index (χ0) is 18.3. The maximum absolute atomic E-state index is 12.9. The highest BCUT2D eigenvalue weighted by Crippen LogP contribution is 2.36. The van der Waals surface area contributed by atoms with E-state index >= 15 is 0 Å². The van der Waals surface area contributed by atoms with Crippen molar-refractivity contribution in [3.05, 3.63) is 68.5 Å². The molecule has 0 radical (unpaired) electrons. The summed E-state index contributed by atoms with van der Waals surface area (Å²) in [5.41, 5.74) is 2.96. The number of benzene rings is 2. The molecule has 0 atom stereocenters. The van der Waals surface area contributed by atoms with E-state index in [1.54, 1.807) is 24.3 Å². The lowest BCUT2D eigenvalue weighted by molar-refractivity contribution is 0.0695. The van der Waals surface area contributed by atoms with Crippen LogP contribution in [-0.4, -0.2) is 15.6 Å². The van der Waals surface area contributed by atoms with Gasteiger partial charge in [0.1, 0.15) is 5.56 Å². The molecule has 1 N–H and O–H groups in total.